The van der Waals surface area contributed by atoms with Crippen LogP contribution in [0.2, 0.25) is 4.34 Å². The number of aliphatic imine (C=N–C) groups is 1. The predicted molar refractivity (Wildman–Crippen MR) is 126 cm³/mol. The lowest BCUT2D eigenvalue weighted by Gasteiger charge is -2.19. The largest absolute Gasteiger partial charge is 0.494 e. The van der Waals surface area contributed by atoms with Gasteiger partial charge in [-0.3, -0.25) is 4.99 Å². The zero-order chi connectivity index (χ0) is 20.7. The molecule has 29 heavy (non-hydrogen) atoms. The van der Waals surface area contributed by atoms with Gasteiger partial charge in [0.2, 0.25) is 10.0 Å². The maximum absolute atomic E-state index is 13.9. The zero-order valence-corrected chi connectivity index (χ0v) is 20.8. The molecule has 1 unspecified atom stereocenters. The molecule has 0 aliphatic carbocycles. The van der Waals surface area contributed by atoms with E-state index in [-0.39, 0.29) is 46.5 Å². The first-order valence-electron chi connectivity index (χ1n) is 8.32. The van der Waals surface area contributed by atoms with Crippen molar-refractivity contribution in [3.63, 3.8) is 0 Å². The van der Waals surface area contributed by atoms with Crippen molar-refractivity contribution in [2.45, 2.75) is 17.2 Å². The van der Waals surface area contributed by atoms with Crippen LogP contribution in [0.25, 0.3) is 0 Å². The number of sulfonamides is 1. The zero-order valence-electron chi connectivity index (χ0n) is 16.0. The quantitative estimate of drug-likeness (QED) is 0.194. The van der Waals surface area contributed by atoms with E-state index in [1.807, 2.05) is 6.92 Å². The van der Waals surface area contributed by atoms with E-state index in [0.29, 0.717) is 16.8 Å². The second kappa shape index (κ2) is 11.9. The molecular formula is C17H23ClFIN4O3S2. The number of nitrogens with one attached hydrogen (secondary N) is 3. The Balaban J connectivity index is 0.00000420. The standard InChI is InChI=1S/C17H22ClFN4O3S2.HI/c1-11(12-4-5-14(26-3)13(19)10-12)23-17(20-2)21-8-9-22-28(24,25)16-7-6-15(18)27-16;/h4-7,10-11,22H,8-9H2,1-3H3,(H2,20,21,23);1H. The van der Waals surface area contributed by atoms with Crippen LogP contribution in [0.4, 0.5) is 4.39 Å². The molecule has 0 fully saturated rings. The maximum atomic E-state index is 13.9. The number of hydrogen-bond donors (Lipinski definition) is 3. The normalized spacial score (nSPS) is 12.8. The van der Waals surface area contributed by atoms with Gasteiger partial charge in [-0.25, -0.2) is 17.5 Å². The van der Waals surface area contributed by atoms with Gasteiger partial charge in [0.1, 0.15) is 4.21 Å². The van der Waals surface area contributed by atoms with E-state index in [9.17, 15) is 12.8 Å². The lowest BCUT2D eigenvalue weighted by Crippen LogP contribution is -2.42. The van der Waals surface area contributed by atoms with Crippen LogP contribution in [0.15, 0.2) is 39.5 Å². The number of rotatable bonds is 8. The molecule has 1 aromatic carbocycles. The Labute approximate surface area is 196 Å². The molecule has 0 saturated carbocycles. The number of benzene rings is 1. The summed E-state index contributed by atoms with van der Waals surface area (Å²) in [5, 5.41) is 6.13. The number of ether oxygens (including phenoxy) is 1. The first-order chi connectivity index (χ1) is 13.3. The molecule has 12 heteroatoms. The van der Waals surface area contributed by atoms with Gasteiger partial charge in [0.25, 0.3) is 0 Å². The van der Waals surface area contributed by atoms with E-state index in [4.69, 9.17) is 16.3 Å². The average molecular weight is 577 g/mol. The fourth-order valence-corrected chi connectivity index (χ4v) is 4.87. The van der Waals surface area contributed by atoms with Crippen LogP contribution < -0.4 is 20.1 Å². The van der Waals surface area contributed by atoms with E-state index in [1.54, 1.807) is 19.2 Å². The minimum atomic E-state index is -3.59. The smallest absolute Gasteiger partial charge is 0.250 e. The molecule has 0 spiro atoms. The molecule has 7 nitrogen and oxygen atoms in total. The topological polar surface area (TPSA) is 91.8 Å². The van der Waals surface area contributed by atoms with Crippen LogP contribution in [-0.4, -0.2) is 41.6 Å². The van der Waals surface area contributed by atoms with Gasteiger partial charge in [-0.05, 0) is 36.8 Å². The number of nitrogens with zero attached hydrogens (tertiary/aromatic N) is 1. The van der Waals surface area contributed by atoms with Crippen molar-refractivity contribution in [2.75, 3.05) is 27.2 Å². The molecule has 2 aromatic rings. The molecule has 3 N–H and O–H groups in total. The highest BCUT2D eigenvalue weighted by molar-refractivity contribution is 14.0. The number of methoxy groups -OCH3 is 1. The first-order valence-corrected chi connectivity index (χ1v) is 11.0. The van der Waals surface area contributed by atoms with Gasteiger partial charge in [-0.1, -0.05) is 17.7 Å². The van der Waals surface area contributed by atoms with Gasteiger partial charge < -0.3 is 15.4 Å². The second-order valence-electron chi connectivity index (χ2n) is 5.72. The number of halogens is 3. The van der Waals surface area contributed by atoms with Gasteiger partial charge in [0.15, 0.2) is 17.5 Å². The highest BCUT2D eigenvalue weighted by atomic mass is 127. The van der Waals surface area contributed by atoms with Crippen molar-refractivity contribution in [3.05, 3.63) is 46.0 Å². The fraction of sp³-hybridized carbons (Fsp3) is 0.353. The van der Waals surface area contributed by atoms with Gasteiger partial charge in [-0.15, -0.1) is 35.3 Å². The third-order valence-corrected chi connectivity index (χ3v) is 6.96. The number of thiophene rings is 1. The Hall–Kier alpha value is -1.15. The maximum Gasteiger partial charge on any atom is 0.250 e. The molecule has 1 heterocycles. The number of guanidine groups is 1. The molecule has 1 atom stereocenters. The van der Waals surface area contributed by atoms with Crippen LogP contribution in [0.5, 0.6) is 5.75 Å². The summed E-state index contributed by atoms with van der Waals surface area (Å²) in [6.45, 7) is 2.32. The van der Waals surface area contributed by atoms with Crippen LogP contribution >= 0.6 is 46.9 Å². The Morgan fingerprint density at radius 2 is 2.03 bits per heavy atom. The SMILES string of the molecule is CN=C(NCCNS(=O)(=O)c1ccc(Cl)s1)NC(C)c1ccc(OC)c(F)c1.I. The molecule has 162 valence electrons. The van der Waals surface area contributed by atoms with E-state index >= 15 is 0 Å². The molecule has 1 aromatic heterocycles. The van der Waals surface area contributed by atoms with Gasteiger partial charge in [-0.2, -0.15) is 0 Å². The molecule has 0 aliphatic rings. The molecule has 2 rings (SSSR count). The Morgan fingerprint density at radius 1 is 1.31 bits per heavy atom. The van der Waals surface area contributed by atoms with E-state index < -0.39 is 15.8 Å². The average Bonchev–Trinajstić information content (AvgIpc) is 3.11. The lowest BCUT2D eigenvalue weighted by atomic mass is 10.1. The summed E-state index contributed by atoms with van der Waals surface area (Å²) in [5.41, 5.74) is 0.719. The minimum absolute atomic E-state index is 0. The van der Waals surface area contributed by atoms with Crippen LogP contribution in [0.3, 0.4) is 0 Å². The van der Waals surface area contributed by atoms with Gasteiger partial charge >= 0.3 is 0 Å². The van der Waals surface area contributed by atoms with Gasteiger partial charge in [0.05, 0.1) is 17.5 Å². The highest BCUT2D eigenvalue weighted by Crippen LogP contribution is 2.25. The summed E-state index contributed by atoms with van der Waals surface area (Å²) in [5.74, 6) is 0.194. The lowest BCUT2D eigenvalue weighted by molar-refractivity contribution is 0.386. The summed E-state index contributed by atoms with van der Waals surface area (Å²) in [4.78, 5) is 4.09. The summed E-state index contributed by atoms with van der Waals surface area (Å²) in [6.07, 6.45) is 0. The van der Waals surface area contributed by atoms with Crippen LogP contribution in [0.1, 0.15) is 18.5 Å². The Morgan fingerprint density at radius 3 is 2.59 bits per heavy atom. The summed E-state index contributed by atoms with van der Waals surface area (Å²) in [7, 11) is -0.590. The molecule has 0 bridgehead atoms. The molecule has 0 radical (unpaired) electrons. The minimum Gasteiger partial charge on any atom is -0.494 e. The Bertz CT molecular complexity index is 941. The van der Waals surface area contributed by atoms with E-state index in [1.165, 1.54) is 25.3 Å². The second-order valence-corrected chi connectivity index (χ2v) is 9.42. The third-order valence-electron chi connectivity index (χ3n) is 3.78. The van der Waals surface area contributed by atoms with Crippen molar-refractivity contribution in [1.29, 1.82) is 0 Å². The summed E-state index contributed by atoms with van der Waals surface area (Å²) >= 11 is 6.77. The Kier molecular flexibility index (Phi) is 10.6. The third kappa shape index (κ3) is 7.55. The monoisotopic (exact) mass is 576 g/mol. The van der Waals surface area contributed by atoms with Gasteiger partial charge in [0, 0.05) is 20.1 Å². The molecular weight excluding hydrogens is 554 g/mol. The van der Waals surface area contributed by atoms with Crippen LogP contribution in [0, 0.1) is 5.82 Å². The first kappa shape index (κ1) is 25.9. The van der Waals surface area contributed by atoms with Crippen LogP contribution in [-0.2, 0) is 10.0 Å². The molecule has 0 aliphatic heterocycles. The fourth-order valence-electron chi connectivity index (χ4n) is 2.31. The van der Waals surface area contributed by atoms with Crippen molar-refractivity contribution >= 4 is 62.9 Å². The van der Waals surface area contributed by atoms with Crippen molar-refractivity contribution in [2.24, 2.45) is 4.99 Å². The van der Waals surface area contributed by atoms with Crippen molar-refractivity contribution in [3.8, 4) is 5.75 Å². The molecule has 0 amide bonds. The van der Waals surface area contributed by atoms with E-state index in [0.717, 1.165) is 16.9 Å². The summed E-state index contributed by atoms with van der Waals surface area (Å²) < 4.78 is 46.1. The van der Waals surface area contributed by atoms with E-state index in [2.05, 4.69) is 20.3 Å². The predicted octanol–water partition coefficient (Wildman–Crippen LogP) is 3.37. The number of hydrogen-bond acceptors (Lipinski definition) is 5. The summed E-state index contributed by atoms with van der Waals surface area (Å²) in [6, 6.07) is 7.48. The molecule has 0 saturated heterocycles. The highest BCUT2D eigenvalue weighted by Gasteiger charge is 2.16. The van der Waals surface area contributed by atoms with Crippen molar-refractivity contribution < 1.29 is 17.5 Å². The van der Waals surface area contributed by atoms with Crippen molar-refractivity contribution in [1.82, 2.24) is 15.4 Å².